The number of aryl methyl sites for hydroxylation is 1. The Labute approximate surface area is 161 Å². The number of para-hydroxylation sites is 1. The molecule has 0 radical (unpaired) electrons. The van der Waals surface area contributed by atoms with Gasteiger partial charge in [-0.15, -0.1) is 0 Å². The van der Waals surface area contributed by atoms with Crippen LogP contribution in [0.3, 0.4) is 0 Å². The van der Waals surface area contributed by atoms with Gasteiger partial charge in [-0.1, -0.05) is 37.5 Å². The summed E-state index contributed by atoms with van der Waals surface area (Å²) in [5.74, 6) is -0.266. The zero-order chi connectivity index (χ0) is 19.4. The van der Waals surface area contributed by atoms with E-state index in [1.807, 2.05) is 31.2 Å². The number of hydrogen-bond acceptors (Lipinski definition) is 3. The van der Waals surface area contributed by atoms with Crippen molar-refractivity contribution in [2.75, 3.05) is 20.6 Å². The highest BCUT2D eigenvalue weighted by molar-refractivity contribution is 5.97. The zero-order valence-corrected chi connectivity index (χ0v) is 16.8. The molecule has 0 unspecified atom stereocenters. The van der Waals surface area contributed by atoms with E-state index in [1.54, 1.807) is 10.6 Å². The van der Waals surface area contributed by atoms with Crippen LogP contribution in [0.5, 0.6) is 0 Å². The highest BCUT2D eigenvalue weighted by Crippen LogP contribution is 2.34. The molecule has 3 rings (SSSR count). The maximum absolute atomic E-state index is 12.8. The molecule has 0 aliphatic heterocycles. The molecular formula is C22H31N3O2. The molecule has 1 heterocycles. The van der Waals surface area contributed by atoms with Crippen LogP contribution in [-0.2, 0) is 6.54 Å². The second-order valence-electron chi connectivity index (χ2n) is 7.85. The van der Waals surface area contributed by atoms with Gasteiger partial charge in [-0.25, -0.2) is 0 Å². The van der Waals surface area contributed by atoms with Crippen molar-refractivity contribution in [1.82, 2.24) is 14.8 Å². The average molecular weight is 370 g/mol. The van der Waals surface area contributed by atoms with E-state index in [1.165, 1.54) is 32.1 Å². The quantitative estimate of drug-likeness (QED) is 0.849. The predicted molar refractivity (Wildman–Crippen MR) is 110 cm³/mol. The lowest BCUT2D eigenvalue weighted by Crippen LogP contribution is -2.48. The van der Waals surface area contributed by atoms with E-state index in [4.69, 9.17) is 0 Å². The lowest BCUT2D eigenvalue weighted by molar-refractivity contribution is 0.0834. The maximum Gasteiger partial charge on any atom is 0.263 e. The molecule has 1 amide bonds. The van der Waals surface area contributed by atoms with E-state index >= 15 is 0 Å². The van der Waals surface area contributed by atoms with Gasteiger partial charge in [0.05, 0.1) is 5.52 Å². The number of aromatic nitrogens is 1. The summed E-state index contributed by atoms with van der Waals surface area (Å²) in [6.45, 7) is 3.07. The number of carbonyl (C=O) groups excluding carboxylic acids is 1. The molecule has 0 bridgehead atoms. The standard InChI is InChI=1S/C22H31N3O2/c1-4-25-19-11-7-6-10-17(19)16-18(21(25)27)20(26)23-15-14-22(24(2)3)12-8-5-9-13-22/h6-7,10-11,16H,4-5,8-9,12-15H2,1-3H3,(H,23,26). The van der Waals surface area contributed by atoms with Crippen molar-refractivity contribution in [3.05, 3.63) is 46.2 Å². The van der Waals surface area contributed by atoms with E-state index in [0.717, 1.165) is 17.3 Å². The zero-order valence-electron chi connectivity index (χ0n) is 16.8. The molecular weight excluding hydrogens is 338 g/mol. The van der Waals surface area contributed by atoms with Gasteiger partial charge in [-0.2, -0.15) is 0 Å². The summed E-state index contributed by atoms with van der Waals surface area (Å²) in [6.07, 6.45) is 7.07. The summed E-state index contributed by atoms with van der Waals surface area (Å²) in [6, 6.07) is 9.44. The number of amides is 1. The Morgan fingerprint density at radius 3 is 2.56 bits per heavy atom. The van der Waals surface area contributed by atoms with Gasteiger partial charge in [0.25, 0.3) is 11.5 Å². The smallest absolute Gasteiger partial charge is 0.263 e. The minimum atomic E-state index is -0.266. The number of nitrogens with one attached hydrogen (secondary N) is 1. The Kier molecular flexibility index (Phi) is 6.00. The minimum Gasteiger partial charge on any atom is -0.352 e. The Bertz CT molecular complexity index is 863. The van der Waals surface area contributed by atoms with E-state index in [2.05, 4.69) is 24.3 Å². The summed E-state index contributed by atoms with van der Waals surface area (Å²) in [7, 11) is 4.27. The van der Waals surface area contributed by atoms with E-state index in [0.29, 0.717) is 13.1 Å². The lowest BCUT2D eigenvalue weighted by atomic mass is 9.78. The second-order valence-corrected chi connectivity index (χ2v) is 7.85. The molecule has 1 aromatic heterocycles. The number of nitrogens with zero attached hydrogens (tertiary/aromatic N) is 2. The van der Waals surface area contributed by atoms with Crippen LogP contribution < -0.4 is 10.9 Å². The number of benzene rings is 1. The molecule has 5 heteroatoms. The molecule has 5 nitrogen and oxygen atoms in total. The maximum atomic E-state index is 12.8. The third-order valence-corrected chi connectivity index (χ3v) is 6.17. The van der Waals surface area contributed by atoms with Crippen molar-refractivity contribution in [3.63, 3.8) is 0 Å². The van der Waals surface area contributed by atoms with Crippen LogP contribution in [0.1, 0.15) is 55.8 Å². The topological polar surface area (TPSA) is 54.3 Å². The molecule has 0 spiro atoms. The molecule has 146 valence electrons. The highest BCUT2D eigenvalue weighted by atomic mass is 16.2. The van der Waals surface area contributed by atoms with Crippen LogP contribution in [0.15, 0.2) is 35.1 Å². The fourth-order valence-corrected chi connectivity index (χ4v) is 4.44. The van der Waals surface area contributed by atoms with Crippen LogP contribution in [0.25, 0.3) is 10.9 Å². The third kappa shape index (κ3) is 3.93. The van der Waals surface area contributed by atoms with Gasteiger partial charge in [0, 0.05) is 18.6 Å². The normalized spacial score (nSPS) is 16.6. The predicted octanol–water partition coefficient (Wildman–Crippen LogP) is 3.41. The molecule has 1 fully saturated rings. The molecule has 1 aromatic carbocycles. The molecule has 1 N–H and O–H groups in total. The van der Waals surface area contributed by atoms with Crippen LogP contribution in [0.4, 0.5) is 0 Å². The average Bonchev–Trinajstić information content (AvgIpc) is 2.68. The second kappa shape index (κ2) is 8.26. The first-order chi connectivity index (χ1) is 13.0. The van der Waals surface area contributed by atoms with Gasteiger partial charge in [0.1, 0.15) is 5.56 Å². The van der Waals surface area contributed by atoms with Gasteiger partial charge in [-0.3, -0.25) is 9.59 Å². The van der Waals surface area contributed by atoms with Crippen molar-refractivity contribution in [2.45, 2.75) is 57.5 Å². The van der Waals surface area contributed by atoms with Gasteiger partial charge in [-0.05, 0) is 57.8 Å². The molecule has 2 aromatic rings. The van der Waals surface area contributed by atoms with Crippen molar-refractivity contribution in [3.8, 4) is 0 Å². The number of pyridine rings is 1. The number of fused-ring (bicyclic) bond motifs is 1. The van der Waals surface area contributed by atoms with Crippen molar-refractivity contribution >= 4 is 16.8 Å². The molecule has 27 heavy (non-hydrogen) atoms. The monoisotopic (exact) mass is 369 g/mol. The van der Waals surface area contributed by atoms with Gasteiger partial charge >= 0.3 is 0 Å². The van der Waals surface area contributed by atoms with Crippen LogP contribution in [0.2, 0.25) is 0 Å². The molecule has 1 aliphatic rings. The van der Waals surface area contributed by atoms with E-state index < -0.39 is 0 Å². The summed E-state index contributed by atoms with van der Waals surface area (Å²) in [4.78, 5) is 27.9. The van der Waals surface area contributed by atoms with E-state index in [-0.39, 0.29) is 22.6 Å². The molecule has 0 atom stereocenters. The van der Waals surface area contributed by atoms with E-state index in [9.17, 15) is 9.59 Å². The third-order valence-electron chi connectivity index (χ3n) is 6.17. The number of hydrogen-bond donors (Lipinski definition) is 1. The lowest BCUT2D eigenvalue weighted by Gasteiger charge is -2.43. The first-order valence-corrected chi connectivity index (χ1v) is 10.1. The SMILES string of the molecule is CCn1c(=O)c(C(=O)NCCC2(N(C)C)CCCCC2)cc2ccccc21. The molecule has 1 aliphatic carbocycles. The largest absolute Gasteiger partial charge is 0.352 e. The summed E-state index contributed by atoms with van der Waals surface area (Å²) < 4.78 is 1.67. The summed E-state index contributed by atoms with van der Waals surface area (Å²) in [5.41, 5.74) is 1.06. The molecule has 0 saturated heterocycles. The van der Waals surface area contributed by atoms with Crippen LogP contribution in [0, 0.1) is 0 Å². The van der Waals surface area contributed by atoms with Gasteiger partial charge in [0.15, 0.2) is 0 Å². The van der Waals surface area contributed by atoms with Crippen LogP contribution in [-0.4, -0.2) is 41.6 Å². The Balaban J connectivity index is 1.76. The Morgan fingerprint density at radius 2 is 1.89 bits per heavy atom. The van der Waals surface area contributed by atoms with Crippen molar-refractivity contribution in [1.29, 1.82) is 0 Å². The fourth-order valence-electron chi connectivity index (χ4n) is 4.44. The number of rotatable bonds is 6. The molecule has 1 saturated carbocycles. The van der Waals surface area contributed by atoms with Crippen molar-refractivity contribution in [2.24, 2.45) is 0 Å². The highest BCUT2D eigenvalue weighted by Gasteiger charge is 2.33. The fraction of sp³-hybridized carbons (Fsp3) is 0.545. The van der Waals surface area contributed by atoms with Crippen LogP contribution >= 0.6 is 0 Å². The summed E-state index contributed by atoms with van der Waals surface area (Å²) in [5, 5.41) is 3.92. The Morgan fingerprint density at radius 1 is 1.19 bits per heavy atom. The summed E-state index contributed by atoms with van der Waals surface area (Å²) >= 11 is 0. The van der Waals surface area contributed by atoms with Crippen molar-refractivity contribution < 1.29 is 4.79 Å². The Hall–Kier alpha value is -2.14. The number of carbonyl (C=O) groups is 1. The van der Waals surface area contributed by atoms with Gasteiger partial charge < -0.3 is 14.8 Å². The first-order valence-electron chi connectivity index (χ1n) is 10.1. The first kappa shape index (κ1) is 19.6. The minimum absolute atomic E-state index is 0.165. The van der Waals surface area contributed by atoms with Gasteiger partial charge in [0.2, 0.25) is 0 Å².